The van der Waals surface area contributed by atoms with E-state index in [0.29, 0.717) is 12.2 Å². The lowest BCUT2D eigenvalue weighted by Gasteiger charge is -2.20. The zero-order valence-electron chi connectivity index (χ0n) is 7.32. The van der Waals surface area contributed by atoms with E-state index in [-0.39, 0.29) is 0 Å². The van der Waals surface area contributed by atoms with Gasteiger partial charge in [0.05, 0.1) is 12.2 Å². The van der Waals surface area contributed by atoms with E-state index in [9.17, 15) is 8.78 Å². The number of rotatable bonds is 1. The predicted molar refractivity (Wildman–Crippen MR) is 51.3 cm³/mol. The third-order valence-corrected chi connectivity index (χ3v) is 1.94. The molecule has 1 aromatic carbocycles. The SMILES string of the molecule is Fc1ccc(N2C=CN=CC2)c(F)c1. The first-order valence-electron chi connectivity index (χ1n) is 4.17. The monoisotopic (exact) mass is 194 g/mol. The fourth-order valence-corrected chi connectivity index (χ4v) is 1.27. The first kappa shape index (κ1) is 8.87. The maximum Gasteiger partial charge on any atom is 0.149 e. The van der Waals surface area contributed by atoms with Gasteiger partial charge in [0, 0.05) is 24.7 Å². The molecule has 0 atom stereocenters. The number of hydrogen-bond donors (Lipinski definition) is 0. The molecule has 1 heterocycles. The van der Waals surface area contributed by atoms with Crippen LogP contribution in [0.5, 0.6) is 0 Å². The van der Waals surface area contributed by atoms with Crippen molar-refractivity contribution in [3.63, 3.8) is 0 Å². The summed E-state index contributed by atoms with van der Waals surface area (Å²) in [6.07, 6.45) is 4.87. The first-order valence-corrected chi connectivity index (χ1v) is 4.17. The average molecular weight is 194 g/mol. The van der Waals surface area contributed by atoms with Crippen LogP contribution in [0.25, 0.3) is 0 Å². The van der Waals surface area contributed by atoms with Gasteiger partial charge in [-0.25, -0.2) is 8.78 Å². The van der Waals surface area contributed by atoms with Crippen LogP contribution >= 0.6 is 0 Å². The van der Waals surface area contributed by atoms with Crippen LogP contribution in [0.1, 0.15) is 0 Å². The summed E-state index contributed by atoms with van der Waals surface area (Å²) in [5.74, 6) is -1.13. The molecule has 14 heavy (non-hydrogen) atoms. The van der Waals surface area contributed by atoms with Crippen LogP contribution in [0, 0.1) is 11.6 Å². The highest BCUT2D eigenvalue weighted by Crippen LogP contribution is 2.20. The summed E-state index contributed by atoms with van der Waals surface area (Å²) in [5, 5.41) is 0. The Hall–Kier alpha value is -1.71. The van der Waals surface area contributed by atoms with E-state index in [1.54, 1.807) is 23.5 Å². The van der Waals surface area contributed by atoms with Crippen molar-refractivity contribution >= 4 is 11.9 Å². The van der Waals surface area contributed by atoms with Crippen LogP contribution in [0.2, 0.25) is 0 Å². The van der Waals surface area contributed by atoms with Crippen molar-refractivity contribution in [1.29, 1.82) is 0 Å². The molecule has 2 nitrogen and oxygen atoms in total. The highest BCUT2D eigenvalue weighted by atomic mass is 19.1. The van der Waals surface area contributed by atoms with Crippen molar-refractivity contribution in [3.05, 3.63) is 42.2 Å². The number of aliphatic imine (C=N–C) groups is 1. The molecule has 0 spiro atoms. The number of hydrogen-bond acceptors (Lipinski definition) is 2. The van der Waals surface area contributed by atoms with E-state index < -0.39 is 11.6 Å². The van der Waals surface area contributed by atoms with Crippen molar-refractivity contribution < 1.29 is 8.78 Å². The Kier molecular flexibility index (Phi) is 2.26. The van der Waals surface area contributed by atoms with E-state index in [4.69, 9.17) is 0 Å². The third-order valence-electron chi connectivity index (χ3n) is 1.94. The van der Waals surface area contributed by atoms with Gasteiger partial charge in [0.15, 0.2) is 0 Å². The van der Waals surface area contributed by atoms with Crippen LogP contribution in [0.3, 0.4) is 0 Å². The van der Waals surface area contributed by atoms with Gasteiger partial charge in [0.2, 0.25) is 0 Å². The molecule has 0 unspecified atom stereocenters. The molecule has 0 aliphatic carbocycles. The second-order valence-corrected chi connectivity index (χ2v) is 2.88. The van der Waals surface area contributed by atoms with E-state index >= 15 is 0 Å². The summed E-state index contributed by atoms with van der Waals surface area (Å²) < 4.78 is 25.9. The minimum Gasteiger partial charge on any atom is -0.339 e. The van der Waals surface area contributed by atoms with Crippen molar-refractivity contribution in [2.45, 2.75) is 0 Å². The first-order chi connectivity index (χ1) is 6.77. The third kappa shape index (κ3) is 1.64. The quantitative estimate of drug-likeness (QED) is 0.669. The molecule has 0 radical (unpaired) electrons. The zero-order valence-corrected chi connectivity index (χ0v) is 7.32. The van der Waals surface area contributed by atoms with Gasteiger partial charge in [-0.05, 0) is 12.1 Å². The molecule has 0 aromatic heterocycles. The van der Waals surface area contributed by atoms with Crippen LogP contribution < -0.4 is 4.90 Å². The van der Waals surface area contributed by atoms with Crippen molar-refractivity contribution in [1.82, 2.24) is 0 Å². The maximum absolute atomic E-state index is 13.3. The molecule has 0 saturated heterocycles. The molecule has 0 fully saturated rings. The molecule has 2 rings (SSSR count). The Balaban J connectivity index is 2.32. The second kappa shape index (κ2) is 3.57. The van der Waals surface area contributed by atoms with Gasteiger partial charge in [-0.3, -0.25) is 4.99 Å². The summed E-state index contributed by atoms with van der Waals surface area (Å²) in [7, 11) is 0. The molecule has 0 bridgehead atoms. The Bertz CT molecular complexity index is 399. The summed E-state index contributed by atoms with van der Waals surface area (Å²) in [6.45, 7) is 0.499. The molecular weight excluding hydrogens is 186 g/mol. The van der Waals surface area contributed by atoms with Gasteiger partial charge in [-0.15, -0.1) is 0 Å². The highest BCUT2D eigenvalue weighted by Gasteiger charge is 2.10. The molecule has 1 aromatic rings. The van der Waals surface area contributed by atoms with E-state index in [0.717, 1.165) is 6.07 Å². The van der Waals surface area contributed by atoms with Gasteiger partial charge >= 0.3 is 0 Å². The normalized spacial score (nSPS) is 14.9. The fraction of sp³-hybridized carbons (Fsp3) is 0.100. The van der Waals surface area contributed by atoms with E-state index in [1.165, 1.54) is 12.1 Å². The lowest BCUT2D eigenvalue weighted by molar-refractivity contribution is 0.583. The smallest absolute Gasteiger partial charge is 0.149 e. The minimum atomic E-state index is -0.569. The van der Waals surface area contributed by atoms with Crippen molar-refractivity contribution in [3.8, 4) is 0 Å². The van der Waals surface area contributed by atoms with Crippen molar-refractivity contribution in [2.75, 3.05) is 11.4 Å². The molecule has 72 valence electrons. The summed E-state index contributed by atoms with van der Waals surface area (Å²) in [5.41, 5.74) is 0.355. The van der Waals surface area contributed by atoms with Crippen LogP contribution in [0.4, 0.5) is 14.5 Å². The standard InChI is InChI=1S/C10H8F2N2/c11-8-1-2-10(9(12)7-8)14-5-3-13-4-6-14/h1-5,7H,6H2. The van der Waals surface area contributed by atoms with Gasteiger partial charge in [0.1, 0.15) is 11.6 Å². The Morgan fingerprint density at radius 2 is 2.14 bits per heavy atom. The topological polar surface area (TPSA) is 15.6 Å². The molecule has 1 aliphatic heterocycles. The highest BCUT2D eigenvalue weighted by molar-refractivity contribution is 5.69. The molecular formula is C10H8F2N2. The van der Waals surface area contributed by atoms with Crippen LogP contribution in [-0.2, 0) is 0 Å². The second-order valence-electron chi connectivity index (χ2n) is 2.88. The predicted octanol–water partition coefficient (Wildman–Crippen LogP) is 2.33. The summed E-state index contributed by atoms with van der Waals surface area (Å²) in [6, 6.07) is 3.51. The largest absolute Gasteiger partial charge is 0.339 e. The molecule has 0 saturated carbocycles. The van der Waals surface area contributed by atoms with Gasteiger partial charge in [-0.2, -0.15) is 0 Å². The Morgan fingerprint density at radius 3 is 2.79 bits per heavy atom. The maximum atomic E-state index is 13.3. The van der Waals surface area contributed by atoms with Gasteiger partial charge in [-0.1, -0.05) is 0 Å². The van der Waals surface area contributed by atoms with E-state index in [2.05, 4.69) is 4.99 Å². The fourth-order valence-electron chi connectivity index (χ4n) is 1.27. The molecule has 0 amide bonds. The number of halogens is 2. The van der Waals surface area contributed by atoms with Crippen LogP contribution in [0.15, 0.2) is 35.6 Å². The van der Waals surface area contributed by atoms with Crippen LogP contribution in [-0.4, -0.2) is 12.8 Å². The van der Waals surface area contributed by atoms with Gasteiger partial charge in [0.25, 0.3) is 0 Å². The number of nitrogens with zero attached hydrogens (tertiary/aromatic N) is 2. The molecule has 0 N–H and O–H groups in total. The van der Waals surface area contributed by atoms with Crippen molar-refractivity contribution in [2.24, 2.45) is 4.99 Å². The lowest BCUT2D eigenvalue weighted by atomic mass is 10.2. The zero-order chi connectivity index (χ0) is 9.97. The minimum absolute atomic E-state index is 0.355. The number of anilines is 1. The summed E-state index contributed by atoms with van der Waals surface area (Å²) in [4.78, 5) is 5.51. The molecule has 4 heteroatoms. The summed E-state index contributed by atoms with van der Waals surface area (Å²) >= 11 is 0. The Labute approximate surface area is 80.2 Å². The number of benzene rings is 1. The molecule has 1 aliphatic rings. The van der Waals surface area contributed by atoms with E-state index in [1.807, 2.05) is 0 Å². The Morgan fingerprint density at radius 1 is 1.29 bits per heavy atom. The van der Waals surface area contributed by atoms with Gasteiger partial charge < -0.3 is 4.90 Å². The average Bonchev–Trinajstić information content (AvgIpc) is 2.19. The lowest BCUT2D eigenvalue weighted by Crippen LogP contribution is -2.21.